The fraction of sp³-hybridized carbons (Fsp3) is 0.615. The molecule has 0 aromatic heterocycles. The van der Waals surface area contributed by atoms with Crippen LogP contribution in [0.15, 0.2) is 28.4 Å². The average molecular weight is 445 g/mol. The number of carbonyl (C=O) groups is 1. The van der Waals surface area contributed by atoms with Gasteiger partial charge in [-0.2, -0.15) is 0 Å². The molecule has 32 heavy (non-hydrogen) atoms. The zero-order valence-corrected chi connectivity index (χ0v) is 21.6. The van der Waals surface area contributed by atoms with Gasteiger partial charge in [-0.05, 0) is 96.7 Å². The maximum atomic E-state index is 12.7. The first-order valence-electron chi connectivity index (χ1n) is 11.7. The highest BCUT2D eigenvalue weighted by molar-refractivity contribution is 5.83. The molecular weight excluding hydrogens is 400 g/mol. The summed E-state index contributed by atoms with van der Waals surface area (Å²) in [5, 5.41) is 10.3. The molecule has 0 radical (unpaired) electrons. The van der Waals surface area contributed by atoms with E-state index in [1.807, 2.05) is 27.7 Å². The highest BCUT2D eigenvalue weighted by Gasteiger charge is 2.17. The Bertz CT molecular complexity index is 783. The smallest absolute Gasteiger partial charge is 0.227 e. The molecular formula is C26H44N4O2. The largest absolute Gasteiger partial charge is 0.497 e. The monoisotopic (exact) mass is 444 g/mol. The zero-order chi connectivity index (χ0) is 24.3. The number of hydrogen-bond donors (Lipinski definition) is 3. The van der Waals surface area contributed by atoms with Gasteiger partial charge in [0.05, 0.1) is 19.7 Å². The molecule has 0 aliphatic rings. The van der Waals surface area contributed by atoms with E-state index in [1.54, 1.807) is 7.11 Å². The summed E-state index contributed by atoms with van der Waals surface area (Å²) in [6.45, 7) is 18.1. The number of allylic oxidation sites excluding steroid dienone is 1. The minimum atomic E-state index is -0.0897. The van der Waals surface area contributed by atoms with E-state index >= 15 is 0 Å². The van der Waals surface area contributed by atoms with E-state index in [1.165, 1.54) is 16.7 Å². The van der Waals surface area contributed by atoms with E-state index in [-0.39, 0.29) is 18.1 Å². The van der Waals surface area contributed by atoms with Gasteiger partial charge in [-0.1, -0.05) is 12.5 Å². The Balaban J connectivity index is 2.75. The van der Waals surface area contributed by atoms with Crippen molar-refractivity contribution in [2.45, 2.75) is 93.4 Å². The van der Waals surface area contributed by atoms with Gasteiger partial charge in [-0.3, -0.25) is 15.1 Å². The van der Waals surface area contributed by atoms with E-state index in [2.05, 4.69) is 60.8 Å². The first-order valence-corrected chi connectivity index (χ1v) is 11.7. The van der Waals surface area contributed by atoms with Gasteiger partial charge in [0, 0.05) is 24.0 Å². The number of amides is 1. The fourth-order valence-corrected chi connectivity index (χ4v) is 3.57. The summed E-state index contributed by atoms with van der Waals surface area (Å²) in [7, 11) is 1.70. The Kier molecular flexibility index (Phi) is 12.2. The average Bonchev–Trinajstić information content (AvgIpc) is 2.70. The van der Waals surface area contributed by atoms with Crippen molar-refractivity contribution >= 4 is 11.6 Å². The van der Waals surface area contributed by atoms with Gasteiger partial charge >= 0.3 is 0 Å². The first-order chi connectivity index (χ1) is 15.1. The molecule has 0 saturated heterocycles. The minimum absolute atomic E-state index is 0.00570. The van der Waals surface area contributed by atoms with E-state index < -0.39 is 0 Å². The van der Waals surface area contributed by atoms with Crippen LogP contribution in [-0.4, -0.2) is 37.5 Å². The van der Waals surface area contributed by atoms with Crippen LogP contribution in [0.3, 0.4) is 0 Å². The lowest BCUT2D eigenvalue weighted by atomic mass is 10.0. The number of ether oxygens (including phenoxy) is 1. The Labute approximate surface area is 195 Å². The van der Waals surface area contributed by atoms with Gasteiger partial charge < -0.3 is 15.4 Å². The summed E-state index contributed by atoms with van der Waals surface area (Å²) in [4.78, 5) is 17.3. The van der Waals surface area contributed by atoms with Crippen molar-refractivity contribution in [1.29, 1.82) is 0 Å². The topological polar surface area (TPSA) is 74.8 Å². The lowest BCUT2D eigenvalue weighted by Crippen LogP contribution is -2.49. The molecule has 0 fully saturated rings. The number of carbonyl (C=O) groups excluding carboxylic acids is 1. The number of nitrogens with zero attached hydrogens (tertiary/aromatic N) is 1. The van der Waals surface area contributed by atoms with Crippen molar-refractivity contribution in [3.05, 3.63) is 40.1 Å². The lowest BCUT2D eigenvalue weighted by Gasteiger charge is -2.25. The Morgan fingerprint density at radius 3 is 2.22 bits per heavy atom. The number of aliphatic imine (C=N–C) groups is 1. The van der Waals surface area contributed by atoms with Crippen molar-refractivity contribution < 1.29 is 9.53 Å². The summed E-state index contributed by atoms with van der Waals surface area (Å²) >= 11 is 0. The van der Waals surface area contributed by atoms with Gasteiger partial charge in [0.2, 0.25) is 5.91 Å². The predicted molar refractivity (Wildman–Crippen MR) is 135 cm³/mol. The third kappa shape index (κ3) is 9.96. The number of hydrogen-bond acceptors (Lipinski definition) is 5. The Morgan fingerprint density at radius 1 is 1.09 bits per heavy atom. The second-order valence-electron chi connectivity index (χ2n) is 9.01. The third-order valence-corrected chi connectivity index (χ3v) is 5.36. The van der Waals surface area contributed by atoms with Gasteiger partial charge in [-0.15, -0.1) is 0 Å². The van der Waals surface area contributed by atoms with Crippen LogP contribution in [0.25, 0.3) is 0 Å². The second kappa shape index (κ2) is 14.1. The molecule has 0 aliphatic heterocycles. The van der Waals surface area contributed by atoms with Crippen molar-refractivity contribution in [3.63, 3.8) is 0 Å². The Hall–Kier alpha value is -2.18. The van der Waals surface area contributed by atoms with Gasteiger partial charge in [-0.25, -0.2) is 0 Å². The van der Waals surface area contributed by atoms with Crippen LogP contribution in [-0.2, 0) is 11.3 Å². The molecule has 3 N–H and O–H groups in total. The van der Waals surface area contributed by atoms with Gasteiger partial charge in [0.25, 0.3) is 0 Å². The minimum Gasteiger partial charge on any atom is -0.497 e. The maximum Gasteiger partial charge on any atom is 0.227 e. The molecule has 6 heteroatoms. The molecule has 2 unspecified atom stereocenters. The lowest BCUT2D eigenvalue weighted by molar-refractivity contribution is -0.121. The molecule has 0 aliphatic carbocycles. The van der Waals surface area contributed by atoms with Crippen LogP contribution >= 0.6 is 0 Å². The molecule has 1 aromatic rings. The summed E-state index contributed by atoms with van der Waals surface area (Å²) in [5.41, 5.74) is 6.60. The molecule has 0 bridgehead atoms. The highest BCUT2D eigenvalue weighted by Crippen LogP contribution is 2.21. The van der Waals surface area contributed by atoms with E-state index in [9.17, 15) is 4.79 Å². The van der Waals surface area contributed by atoms with E-state index in [0.717, 1.165) is 48.7 Å². The normalized spacial score (nSPS) is 12.7. The molecule has 6 nitrogen and oxygen atoms in total. The zero-order valence-electron chi connectivity index (χ0n) is 21.6. The summed E-state index contributed by atoms with van der Waals surface area (Å²) in [5.74, 6) is 0.885. The summed E-state index contributed by atoms with van der Waals surface area (Å²) in [6, 6.07) is 4.37. The van der Waals surface area contributed by atoms with Crippen molar-refractivity contribution in [2.24, 2.45) is 4.99 Å². The molecule has 1 rings (SSSR count). The number of nitrogens with one attached hydrogen (secondary N) is 3. The van der Waals surface area contributed by atoms with Crippen LogP contribution in [0.2, 0.25) is 0 Å². The van der Waals surface area contributed by atoms with Crippen LogP contribution in [0, 0.1) is 13.8 Å². The maximum absolute atomic E-state index is 12.7. The molecule has 2 atom stereocenters. The van der Waals surface area contributed by atoms with Crippen LogP contribution < -0.4 is 20.7 Å². The van der Waals surface area contributed by atoms with E-state index in [0.29, 0.717) is 6.42 Å². The molecule has 1 aromatic carbocycles. The van der Waals surface area contributed by atoms with Crippen LogP contribution in [0.4, 0.5) is 0 Å². The third-order valence-electron chi connectivity index (χ3n) is 5.36. The molecule has 0 spiro atoms. The Morgan fingerprint density at radius 2 is 1.72 bits per heavy atom. The molecule has 0 heterocycles. The number of aryl methyl sites for hydroxylation is 2. The van der Waals surface area contributed by atoms with Crippen LogP contribution in [0.5, 0.6) is 5.75 Å². The van der Waals surface area contributed by atoms with Gasteiger partial charge in [0.15, 0.2) is 0 Å². The number of rotatable bonds is 13. The summed E-state index contributed by atoms with van der Waals surface area (Å²) < 4.78 is 5.37. The molecule has 0 saturated carbocycles. The number of benzene rings is 1. The second-order valence-corrected chi connectivity index (χ2v) is 9.01. The van der Waals surface area contributed by atoms with E-state index in [4.69, 9.17) is 4.74 Å². The number of methoxy groups -OCH3 is 1. The van der Waals surface area contributed by atoms with Crippen molar-refractivity contribution in [1.82, 2.24) is 16.0 Å². The molecule has 1 amide bonds. The van der Waals surface area contributed by atoms with Crippen molar-refractivity contribution in [2.75, 3.05) is 13.7 Å². The van der Waals surface area contributed by atoms with Crippen molar-refractivity contribution in [3.8, 4) is 5.75 Å². The quantitative estimate of drug-likeness (QED) is 0.302. The standard InChI is InChI=1S/C26H44N4O2/c1-10-11-27-25(30-26(31)15-24(17(2)3)29-18(4)5)14-21(8)28-16-23-19(6)12-22(32-9)13-20(23)7/h12-13,21,25,27-28H,10-11,14-16H2,1-9H3,(H,30,31). The fourth-order valence-electron chi connectivity index (χ4n) is 3.57. The first kappa shape index (κ1) is 27.9. The summed E-state index contributed by atoms with van der Waals surface area (Å²) in [6.07, 6.45) is 2.01. The predicted octanol–water partition coefficient (Wildman–Crippen LogP) is 4.79. The molecule has 180 valence electrons. The van der Waals surface area contributed by atoms with Crippen LogP contribution in [0.1, 0.15) is 77.5 Å². The highest BCUT2D eigenvalue weighted by atomic mass is 16.5. The van der Waals surface area contributed by atoms with Gasteiger partial charge in [0.1, 0.15) is 5.75 Å². The SMILES string of the molecule is CCCNC(CC(C)NCc1c(C)cc(OC)cc1C)NC(=O)CC(N=C(C)C)=C(C)C.